The zero-order valence-electron chi connectivity index (χ0n) is 15.2. The van der Waals surface area contributed by atoms with Crippen LogP contribution in [0.5, 0.6) is 11.5 Å². The van der Waals surface area contributed by atoms with E-state index in [1.165, 1.54) is 0 Å². The summed E-state index contributed by atoms with van der Waals surface area (Å²) in [5, 5.41) is 2.86. The highest BCUT2D eigenvalue weighted by atomic mass is 16.7. The molecule has 0 aliphatic carbocycles. The van der Waals surface area contributed by atoms with Crippen molar-refractivity contribution in [2.75, 3.05) is 27.6 Å². The summed E-state index contributed by atoms with van der Waals surface area (Å²) in [7, 11) is 3.68. The summed E-state index contributed by atoms with van der Waals surface area (Å²) < 4.78 is 10.6. The van der Waals surface area contributed by atoms with Crippen LogP contribution in [0, 0.1) is 0 Å². The molecule has 138 valence electrons. The zero-order chi connectivity index (χ0) is 18.7. The number of nitrogens with one attached hydrogen (secondary N) is 1. The fourth-order valence-corrected chi connectivity index (χ4v) is 2.78. The third-order valence-corrected chi connectivity index (χ3v) is 4.52. The topological polar surface area (TPSA) is 71.1 Å². The Morgan fingerprint density at radius 2 is 2.08 bits per heavy atom. The highest BCUT2D eigenvalue weighted by Gasteiger charge is 2.23. The van der Waals surface area contributed by atoms with Gasteiger partial charge in [0.15, 0.2) is 17.3 Å². The van der Waals surface area contributed by atoms with Crippen LogP contribution < -0.4 is 14.8 Å². The number of hydrogen-bond acceptors (Lipinski definition) is 6. The number of fused-ring (bicyclic) bond motifs is 1. The molecule has 1 aromatic carbocycles. The molecule has 26 heavy (non-hydrogen) atoms. The Kier molecular flexibility index (Phi) is 5.27. The summed E-state index contributed by atoms with van der Waals surface area (Å²) in [5.41, 5.74) is 1.25. The molecule has 7 nitrogen and oxygen atoms in total. The molecule has 1 N–H and O–H groups in total. The Hall–Kier alpha value is -2.80. The van der Waals surface area contributed by atoms with E-state index in [9.17, 15) is 9.59 Å². The standard InChI is InChI=1S/C19H23N3O4/c1-13(18(23)14-6-7-16-17(9-14)26-12-25-16)22(3)11-20-19(24)15-5-4-8-21(2)10-15/h4,6-10,13H,5,11-12H2,1-3H3,(H,20,24). The maximum atomic E-state index is 12.7. The molecule has 0 radical (unpaired) electrons. The Morgan fingerprint density at radius 3 is 2.85 bits per heavy atom. The van der Waals surface area contributed by atoms with Crippen molar-refractivity contribution in [2.45, 2.75) is 19.4 Å². The van der Waals surface area contributed by atoms with Crippen molar-refractivity contribution in [1.82, 2.24) is 15.1 Å². The van der Waals surface area contributed by atoms with Crippen molar-refractivity contribution in [3.05, 3.63) is 47.8 Å². The number of Topliss-reactive ketones (excluding diaryl/α,β-unsaturated/α-hetero) is 1. The molecule has 3 rings (SSSR count). The van der Waals surface area contributed by atoms with Crippen LogP contribution in [-0.2, 0) is 4.79 Å². The van der Waals surface area contributed by atoms with E-state index in [4.69, 9.17) is 9.47 Å². The quantitative estimate of drug-likeness (QED) is 0.618. The van der Waals surface area contributed by atoms with E-state index in [2.05, 4.69) is 5.32 Å². The van der Waals surface area contributed by atoms with Gasteiger partial charge in [-0.25, -0.2) is 0 Å². The molecule has 0 bridgehead atoms. The number of ether oxygens (including phenoxy) is 2. The van der Waals surface area contributed by atoms with Gasteiger partial charge < -0.3 is 19.7 Å². The lowest BCUT2D eigenvalue weighted by molar-refractivity contribution is -0.118. The van der Waals surface area contributed by atoms with Gasteiger partial charge in [-0.3, -0.25) is 14.5 Å². The van der Waals surface area contributed by atoms with E-state index >= 15 is 0 Å². The molecule has 1 aromatic rings. The first-order chi connectivity index (χ1) is 12.5. The Balaban J connectivity index is 1.56. The SMILES string of the molecule is CC(C(=O)c1ccc2c(c1)OCO2)N(C)CNC(=O)C1=CN(C)C=CC1. The Labute approximate surface area is 152 Å². The van der Waals surface area contributed by atoms with Crippen LogP contribution in [0.2, 0.25) is 0 Å². The van der Waals surface area contributed by atoms with Gasteiger partial charge in [0.25, 0.3) is 0 Å². The molecule has 1 atom stereocenters. The molecule has 0 spiro atoms. The van der Waals surface area contributed by atoms with Crippen molar-refractivity contribution < 1.29 is 19.1 Å². The predicted molar refractivity (Wildman–Crippen MR) is 96.7 cm³/mol. The van der Waals surface area contributed by atoms with Gasteiger partial charge in [0.05, 0.1) is 12.7 Å². The largest absolute Gasteiger partial charge is 0.454 e. The first-order valence-corrected chi connectivity index (χ1v) is 8.47. The molecule has 2 aliphatic heterocycles. The third-order valence-electron chi connectivity index (χ3n) is 4.52. The minimum Gasteiger partial charge on any atom is -0.454 e. The number of benzene rings is 1. The number of allylic oxidation sites excluding steroid dienone is 1. The highest BCUT2D eigenvalue weighted by molar-refractivity contribution is 6.00. The number of carbonyl (C=O) groups is 2. The number of nitrogens with zero attached hydrogens (tertiary/aromatic N) is 2. The molecular weight excluding hydrogens is 334 g/mol. The third kappa shape index (κ3) is 3.88. The fourth-order valence-electron chi connectivity index (χ4n) is 2.78. The monoisotopic (exact) mass is 357 g/mol. The van der Waals surface area contributed by atoms with Crippen LogP contribution in [-0.4, -0.2) is 55.1 Å². The van der Waals surface area contributed by atoms with Crippen molar-refractivity contribution in [3.8, 4) is 11.5 Å². The zero-order valence-corrected chi connectivity index (χ0v) is 15.2. The number of carbonyl (C=O) groups excluding carboxylic acids is 2. The second kappa shape index (κ2) is 7.61. The average molecular weight is 357 g/mol. The molecule has 7 heteroatoms. The van der Waals surface area contributed by atoms with Gasteiger partial charge in [-0.15, -0.1) is 0 Å². The molecule has 1 amide bonds. The minimum absolute atomic E-state index is 0.0420. The minimum atomic E-state index is -0.390. The van der Waals surface area contributed by atoms with E-state index in [1.807, 2.05) is 31.1 Å². The van der Waals surface area contributed by atoms with Crippen molar-refractivity contribution >= 4 is 11.7 Å². The normalized spacial score (nSPS) is 16.5. The van der Waals surface area contributed by atoms with Gasteiger partial charge in [0.2, 0.25) is 12.7 Å². The van der Waals surface area contributed by atoms with Crippen molar-refractivity contribution in [2.24, 2.45) is 0 Å². The molecule has 0 saturated heterocycles. The molecule has 1 unspecified atom stereocenters. The lowest BCUT2D eigenvalue weighted by atomic mass is 10.0. The van der Waals surface area contributed by atoms with Crippen molar-refractivity contribution in [3.63, 3.8) is 0 Å². The summed E-state index contributed by atoms with van der Waals surface area (Å²) in [4.78, 5) is 28.6. The molecule has 2 heterocycles. The summed E-state index contributed by atoms with van der Waals surface area (Å²) in [6, 6.07) is 4.78. The van der Waals surface area contributed by atoms with Crippen LogP contribution in [0.15, 0.2) is 42.2 Å². The summed E-state index contributed by atoms with van der Waals surface area (Å²) in [6.07, 6.45) is 6.25. The summed E-state index contributed by atoms with van der Waals surface area (Å²) >= 11 is 0. The van der Waals surface area contributed by atoms with E-state index in [0.717, 1.165) is 0 Å². The highest BCUT2D eigenvalue weighted by Crippen LogP contribution is 2.32. The number of likely N-dealkylation sites (N-methyl/N-ethyl adjacent to an activating group) is 1. The predicted octanol–water partition coefficient (Wildman–Crippen LogP) is 1.73. The maximum Gasteiger partial charge on any atom is 0.249 e. The molecule has 0 saturated carbocycles. The fraction of sp³-hybridized carbons (Fsp3) is 0.368. The number of hydrogen-bond donors (Lipinski definition) is 1. The van der Waals surface area contributed by atoms with Gasteiger partial charge in [0.1, 0.15) is 0 Å². The number of amides is 1. The van der Waals surface area contributed by atoms with Gasteiger partial charge >= 0.3 is 0 Å². The second-order valence-electron chi connectivity index (χ2n) is 6.44. The van der Waals surface area contributed by atoms with E-state index in [1.54, 1.807) is 36.3 Å². The summed E-state index contributed by atoms with van der Waals surface area (Å²) in [6.45, 7) is 2.27. The van der Waals surface area contributed by atoms with Crippen LogP contribution in [0.25, 0.3) is 0 Å². The Morgan fingerprint density at radius 1 is 1.31 bits per heavy atom. The first kappa shape index (κ1) is 18.0. The van der Waals surface area contributed by atoms with E-state index < -0.39 is 6.04 Å². The maximum absolute atomic E-state index is 12.7. The van der Waals surface area contributed by atoms with Crippen LogP contribution >= 0.6 is 0 Å². The number of ketones is 1. The number of rotatable bonds is 6. The van der Waals surface area contributed by atoms with Gasteiger partial charge in [0, 0.05) is 24.4 Å². The summed E-state index contributed by atoms with van der Waals surface area (Å²) in [5.74, 6) is 1.06. The van der Waals surface area contributed by atoms with Crippen molar-refractivity contribution in [1.29, 1.82) is 0 Å². The van der Waals surface area contributed by atoms with Gasteiger partial charge in [-0.05, 0) is 44.8 Å². The molecular formula is C19H23N3O4. The van der Waals surface area contributed by atoms with Crippen LogP contribution in [0.4, 0.5) is 0 Å². The first-order valence-electron chi connectivity index (χ1n) is 8.47. The lowest BCUT2D eigenvalue weighted by Gasteiger charge is -2.24. The van der Waals surface area contributed by atoms with E-state index in [-0.39, 0.29) is 25.2 Å². The van der Waals surface area contributed by atoms with Gasteiger partial charge in [-0.2, -0.15) is 0 Å². The smallest absolute Gasteiger partial charge is 0.249 e. The average Bonchev–Trinajstić information content (AvgIpc) is 3.12. The molecule has 0 aromatic heterocycles. The molecule has 2 aliphatic rings. The van der Waals surface area contributed by atoms with E-state index in [0.29, 0.717) is 29.1 Å². The second-order valence-corrected chi connectivity index (χ2v) is 6.44. The van der Waals surface area contributed by atoms with Crippen LogP contribution in [0.1, 0.15) is 23.7 Å². The molecule has 0 fully saturated rings. The lowest BCUT2D eigenvalue weighted by Crippen LogP contribution is -2.44. The Bertz CT molecular complexity index is 772. The van der Waals surface area contributed by atoms with Crippen LogP contribution in [0.3, 0.4) is 0 Å². The van der Waals surface area contributed by atoms with Gasteiger partial charge in [-0.1, -0.05) is 6.08 Å².